The Morgan fingerprint density at radius 3 is 2.41 bits per heavy atom. The van der Waals surface area contributed by atoms with Gasteiger partial charge in [0.15, 0.2) is 0 Å². The lowest BCUT2D eigenvalue weighted by Crippen LogP contribution is -2.29. The van der Waals surface area contributed by atoms with Crippen LogP contribution in [0, 0.1) is 5.41 Å². The van der Waals surface area contributed by atoms with Crippen LogP contribution in [-0.4, -0.2) is 28.8 Å². The van der Waals surface area contributed by atoms with Crippen LogP contribution < -0.4 is 15.7 Å². The number of benzene rings is 2. The first kappa shape index (κ1) is 19.8. The average molecular weight is 407 g/mol. The van der Waals surface area contributed by atoms with Crippen molar-refractivity contribution in [3.8, 4) is 5.75 Å². The zero-order valence-electron chi connectivity index (χ0n) is 15.3. The maximum atomic E-state index is 8.59. The van der Waals surface area contributed by atoms with Gasteiger partial charge in [-0.15, -0.1) is 0 Å². The highest BCUT2D eigenvalue weighted by molar-refractivity contribution is 6.35. The molecule has 0 aliphatic heterocycles. The van der Waals surface area contributed by atoms with E-state index in [2.05, 4.69) is 28.9 Å². The second-order valence-corrected chi connectivity index (χ2v) is 7.09. The van der Waals surface area contributed by atoms with Crippen LogP contribution in [0.15, 0.2) is 42.5 Å². The van der Waals surface area contributed by atoms with Gasteiger partial charge in [0, 0.05) is 24.7 Å². The van der Waals surface area contributed by atoms with E-state index in [0.717, 1.165) is 37.1 Å². The monoisotopic (exact) mass is 406 g/mol. The summed E-state index contributed by atoms with van der Waals surface area (Å²) in [7, 11) is 0. The number of aryl methyl sites for hydroxylation is 1. The first-order chi connectivity index (χ1) is 13.1. The lowest BCUT2D eigenvalue weighted by Gasteiger charge is -2.09. The number of para-hydroxylation sites is 2. The molecule has 0 saturated heterocycles. The van der Waals surface area contributed by atoms with Gasteiger partial charge in [0.2, 0.25) is 5.62 Å². The van der Waals surface area contributed by atoms with Gasteiger partial charge >= 0.3 is 0 Å². The summed E-state index contributed by atoms with van der Waals surface area (Å²) >= 11 is 12.0. The van der Waals surface area contributed by atoms with Crippen molar-refractivity contribution in [2.24, 2.45) is 0 Å². The standard InChI is InChI=1S/C20H24Cl2N4O/c1-2-24-10-12-26-18-7-4-3-6-17(18)25(20(26)23)11-5-13-27-19-9-8-15(21)14-16(19)22/h3-4,6-9,14,23-24H,2,5,10-13H2,1H3. The lowest BCUT2D eigenvalue weighted by atomic mass is 10.3. The molecule has 2 N–H and O–H groups in total. The number of nitrogens with zero attached hydrogens (tertiary/aromatic N) is 2. The fourth-order valence-electron chi connectivity index (χ4n) is 3.11. The van der Waals surface area contributed by atoms with Crippen molar-refractivity contribution in [3.05, 3.63) is 58.1 Å². The maximum absolute atomic E-state index is 8.59. The van der Waals surface area contributed by atoms with Gasteiger partial charge in [-0.2, -0.15) is 0 Å². The topological polar surface area (TPSA) is 55.0 Å². The van der Waals surface area contributed by atoms with Crippen LogP contribution in [0.5, 0.6) is 5.75 Å². The molecular formula is C20H24Cl2N4O. The van der Waals surface area contributed by atoms with Crippen LogP contribution >= 0.6 is 23.2 Å². The molecule has 5 nitrogen and oxygen atoms in total. The van der Waals surface area contributed by atoms with Crippen LogP contribution in [-0.2, 0) is 13.1 Å². The maximum Gasteiger partial charge on any atom is 0.203 e. The smallest absolute Gasteiger partial charge is 0.203 e. The van der Waals surface area contributed by atoms with Crippen molar-refractivity contribution < 1.29 is 4.74 Å². The normalized spacial score (nSPS) is 11.2. The second-order valence-electron chi connectivity index (χ2n) is 6.25. The van der Waals surface area contributed by atoms with Gasteiger partial charge in [0.05, 0.1) is 22.7 Å². The molecule has 0 amide bonds. The number of fused-ring (bicyclic) bond motifs is 1. The summed E-state index contributed by atoms with van der Waals surface area (Å²) in [5.41, 5.74) is 2.67. The van der Waals surface area contributed by atoms with E-state index < -0.39 is 0 Å². The Kier molecular flexibility index (Phi) is 6.83. The van der Waals surface area contributed by atoms with E-state index in [1.165, 1.54) is 0 Å². The summed E-state index contributed by atoms with van der Waals surface area (Å²) in [5.74, 6) is 0.630. The molecule has 0 spiro atoms. The fraction of sp³-hybridized carbons (Fsp3) is 0.350. The molecule has 3 rings (SSSR count). The van der Waals surface area contributed by atoms with Gasteiger partial charge in [0.1, 0.15) is 5.75 Å². The number of hydrogen-bond acceptors (Lipinski definition) is 3. The number of nitrogens with one attached hydrogen (secondary N) is 2. The summed E-state index contributed by atoms with van der Waals surface area (Å²) in [6.45, 7) is 5.86. The van der Waals surface area contributed by atoms with Crippen molar-refractivity contribution in [3.63, 3.8) is 0 Å². The number of rotatable bonds is 9. The van der Waals surface area contributed by atoms with Gasteiger partial charge in [-0.1, -0.05) is 42.3 Å². The predicted octanol–water partition coefficient (Wildman–Crippen LogP) is 4.31. The summed E-state index contributed by atoms with van der Waals surface area (Å²) < 4.78 is 9.86. The van der Waals surface area contributed by atoms with Crippen LogP contribution in [0.3, 0.4) is 0 Å². The van der Waals surface area contributed by atoms with E-state index >= 15 is 0 Å². The van der Waals surface area contributed by atoms with E-state index in [-0.39, 0.29) is 0 Å². The number of hydrogen-bond donors (Lipinski definition) is 2. The van der Waals surface area contributed by atoms with E-state index in [9.17, 15) is 0 Å². The molecule has 27 heavy (non-hydrogen) atoms. The zero-order valence-corrected chi connectivity index (χ0v) is 16.9. The number of halogens is 2. The molecule has 0 bridgehead atoms. The van der Waals surface area contributed by atoms with Crippen molar-refractivity contribution in [1.29, 1.82) is 5.41 Å². The van der Waals surface area contributed by atoms with E-state index in [0.29, 0.717) is 34.6 Å². The van der Waals surface area contributed by atoms with Gasteiger partial charge < -0.3 is 19.2 Å². The summed E-state index contributed by atoms with van der Waals surface area (Å²) in [5, 5.41) is 13.0. The first-order valence-electron chi connectivity index (χ1n) is 9.13. The Labute approximate surface area is 169 Å². The molecule has 0 aliphatic rings. The van der Waals surface area contributed by atoms with Gasteiger partial charge in [-0.05, 0) is 43.3 Å². The zero-order chi connectivity index (χ0) is 19.2. The number of likely N-dealkylation sites (N-methyl/N-ethyl adjacent to an activating group) is 1. The number of imidazole rings is 1. The molecule has 0 aliphatic carbocycles. The van der Waals surface area contributed by atoms with Crippen LogP contribution in [0.1, 0.15) is 13.3 Å². The molecular weight excluding hydrogens is 383 g/mol. The lowest BCUT2D eigenvalue weighted by molar-refractivity contribution is 0.301. The third-order valence-corrected chi connectivity index (χ3v) is 4.94. The molecule has 0 atom stereocenters. The molecule has 0 saturated carbocycles. The average Bonchev–Trinajstić information content (AvgIpc) is 2.92. The Morgan fingerprint density at radius 2 is 1.74 bits per heavy atom. The van der Waals surface area contributed by atoms with Gasteiger partial charge in [-0.3, -0.25) is 5.41 Å². The number of ether oxygens (including phenoxy) is 1. The predicted molar refractivity (Wildman–Crippen MR) is 111 cm³/mol. The second kappa shape index (κ2) is 9.31. The largest absolute Gasteiger partial charge is 0.492 e. The minimum atomic E-state index is 0.511. The van der Waals surface area contributed by atoms with Crippen molar-refractivity contribution in [2.75, 3.05) is 19.7 Å². The molecule has 7 heteroatoms. The fourth-order valence-corrected chi connectivity index (χ4v) is 3.57. The molecule has 0 radical (unpaired) electrons. The molecule has 3 aromatic rings. The van der Waals surface area contributed by atoms with Crippen LogP contribution in [0.4, 0.5) is 0 Å². The molecule has 0 unspecified atom stereocenters. The van der Waals surface area contributed by atoms with Gasteiger partial charge in [-0.25, -0.2) is 0 Å². The highest BCUT2D eigenvalue weighted by atomic mass is 35.5. The minimum absolute atomic E-state index is 0.511. The highest BCUT2D eigenvalue weighted by Gasteiger charge is 2.10. The van der Waals surface area contributed by atoms with Gasteiger partial charge in [0.25, 0.3) is 0 Å². The minimum Gasteiger partial charge on any atom is -0.492 e. The van der Waals surface area contributed by atoms with E-state index in [1.54, 1.807) is 18.2 Å². The van der Waals surface area contributed by atoms with Crippen molar-refractivity contribution in [1.82, 2.24) is 14.5 Å². The third kappa shape index (κ3) is 4.67. The van der Waals surface area contributed by atoms with Crippen molar-refractivity contribution >= 4 is 34.2 Å². The summed E-state index contributed by atoms with van der Waals surface area (Å²) in [4.78, 5) is 0. The third-order valence-electron chi connectivity index (χ3n) is 4.41. The van der Waals surface area contributed by atoms with E-state index in [4.69, 9.17) is 33.3 Å². The van der Waals surface area contributed by atoms with Crippen molar-refractivity contribution in [2.45, 2.75) is 26.4 Å². The number of aromatic nitrogens is 2. The van der Waals surface area contributed by atoms with E-state index in [1.807, 2.05) is 16.7 Å². The molecule has 1 aromatic heterocycles. The Hall–Kier alpha value is -1.95. The Bertz CT molecular complexity index is 964. The summed E-state index contributed by atoms with van der Waals surface area (Å²) in [6, 6.07) is 13.4. The SMILES string of the molecule is CCNCCn1c(=N)n(CCCOc2ccc(Cl)cc2Cl)c2ccccc21. The molecule has 144 valence electrons. The highest BCUT2D eigenvalue weighted by Crippen LogP contribution is 2.27. The quantitative estimate of drug-likeness (QED) is 0.520. The molecule has 1 heterocycles. The Balaban J connectivity index is 1.69. The summed E-state index contributed by atoms with van der Waals surface area (Å²) in [6.07, 6.45) is 0.775. The van der Waals surface area contributed by atoms with Crippen LogP contribution in [0.25, 0.3) is 11.0 Å². The molecule has 0 fully saturated rings. The molecule has 2 aromatic carbocycles. The Morgan fingerprint density at radius 1 is 1.04 bits per heavy atom. The van der Waals surface area contributed by atoms with Crippen LogP contribution in [0.2, 0.25) is 10.0 Å². The first-order valence-corrected chi connectivity index (χ1v) is 9.88.